The summed E-state index contributed by atoms with van der Waals surface area (Å²) in [7, 11) is 0. The Morgan fingerprint density at radius 2 is 1.62 bits per heavy atom. The molecular weight excluding hydrogens is 306 g/mol. The monoisotopic (exact) mass is 336 g/mol. The van der Waals surface area contributed by atoms with Crippen LogP contribution in [0.5, 0.6) is 5.75 Å². The van der Waals surface area contributed by atoms with Crippen LogP contribution < -0.4 is 4.74 Å². The van der Waals surface area contributed by atoms with Gasteiger partial charge < -0.3 is 4.74 Å². The van der Waals surface area contributed by atoms with Crippen molar-refractivity contribution >= 4 is 0 Å². The molecule has 2 atom stereocenters. The van der Waals surface area contributed by atoms with E-state index in [1.54, 1.807) is 19.1 Å². The Morgan fingerprint density at radius 3 is 2.21 bits per heavy atom. The normalized spacial score (nSPS) is 30.0. The van der Waals surface area contributed by atoms with Crippen molar-refractivity contribution in [1.82, 2.24) is 0 Å². The fourth-order valence-electron chi connectivity index (χ4n) is 5.10. The van der Waals surface area contributed by atoms with Gasteiger partial charge in [0.2, 0.25) is 5.82 Å². The van der Waals surface area contributed by atoms with E-state index in [2.05, 4.69) is 6.92 Å². The molecule has 2 fully saturated rings. The van der Waals surface area contributed by atoms with E-state index in [-0.39, 0.29) is 11.7 Å². The summed E-state index contributed by atoms with van der Waals surface area (Å²) in [6, 6.07) is 3.34. The standard InChI is InChI=1S/C21H30F2O/c1-3-5-14-12-16-8-6-15(7-9-17(16)13-14)18-10-11-19(24-4-2)21(23)20(18)22/h10-11,14-17H,3-9,12-13H2,1-2H3. The quantitative estimate of drug-likeness (QED) is 0.599. The predicted molar refractivity (Wildman–Crippen MR) is 93.3 cm³/mol. The maximum atomic E-state index is 14.5. The van der Waals surface area contributed by atoms with Crippen molar-refractivity contribution in [1.29, 1.82) is 0 Å². The average Bonchev–Trinajstić information content (AvgIpc) is 2.85. The van der Waals surface area contributed by atoms with Gasteiger partial charge in [-0.25, -0.2) is 4.39 Å². The molecule has 0 bridgehead atoms. The molecule has 0 heterocycles. The Labute approximate surface area is 144 Å². The smallest absolute Gasteiger partial charge is 0.200 e. The first kappa shape index (κ1) is 17.7. The van der Waals surface area contributed by atoms with Crippen molar-refractivity contribution in [2.24, 2.45) is 17.8 Å². The summed E-state index contributed by atoms with van der Waals surface area (Å²) >= 11 is 0. The SMILES string of the molecule is CCCC1CC2CCC(c3ccc(OCC)c(F)c3F)CCC2C1. The number of benzene rings is 1. The Hall–Kier alpha value is -1.12. The van der Waals surface area contributed by atoms with Gasteiger partial charge in [-0.05, 0) is 80.8 Å². The highest BCUT2D eigenvalue weighted by Crippen LogP contribution is 2.48. The number of rotatable bonds is 5. The molecular formula is C21H30F2O. The second kappa shape index (κ2) is 7.84. The molecule has 24 heavy (non-hydrogen) atoms. The van der Waals surface area contributed by atoms with Gasteiger partial charge in [0.1, 0.15) is 0 Å². The van der Waals surface area contributed by atoms with E-state index in [9.17, 15) is 8.78 Å². The second-order valence-corrected chi connectivity index (χ2v) is 7.71. The van der Waals surface area contributed by atoms with Crippen molar-refractivity contribution in [3.63, 3.8) is 0 Å². The van der Waals surface area contributed by atoms with Crippen LogP contribution in [0.2, 0.25) is 0 Å². The molecule has 0 aromatic heterocycles. The van der Waals surface area contributed by atoms with Crippen LogP contribution >= 0.6 is 0 Å². The highest BCUT2D eigenvalue weighted by Gasteiger charge is 2.36. The molecule has 2 unspecified atom stereocenters. The summed E-state index contributed by atoms with van der Waals surface area (Å²) in [6.45, 7) is 4.40. The van der Waals surface area contributed by atoms with Crippen LogP contribution in [-0.4, -0.2) is 6.61 Å². The zero-order chi connectivity index (χ0) is 17.1. The maximum Gasteiger partial charge on any atom is 0.200 e. The number of hydrogen-bond acceptors (Lipinski definition) is 1. The Bertz CT molecular complexity index is 541. The molecule has 2 aliphatic carbocycles. The molecule has 0 aliphatic heterocycles. The lowest BCUT2D eigenvalue weighted by Gasteiger charge is -2.18. The number of fused-ring (bicyclic) bond motifs is 1. The lowest BCUT2D eigenvalue weighted by atomic mass is 9.89. The number of halogens is 2. The molecule has 134 valence electrons. The van der Waals surface area contributed by atoms with E-state index in [0.29, 0.717) is 12.2 Å². The molecule has 1 aromatic carbocycles. The third-order valence-corrected chi connectivity index (χ3v) is 6.22. The summed E-state index contributed by atoms with van der Waals surface area (Å²) < 4.78 is 33.8. The molecule has 0 amide bonds. The van der Waals surface area contributed by atoms with Gasteiger partial charge in [0.05, 0.1) is 6.61 Å². The van der Waals surface area contributed by atoms with E-state index in [1.807, 2.05) is 0 Å². The summed E-state index contributed by atoms with van der Waals surface area (Å²) in [6.07, 6.45) is 9.66. The van der Waals surface area contributed by atoms with Gasteiger partial charge in [-0.15, -0.1) is 0 Å². The molecule has 0 saturated heterocycles. The first-order chi connectivity index (χ1) is 11.6. The highest BCUT2D eigenvalue weighted by molar-refractivity contribution is 5.33. The molecule has 1 nitrogen and oxygen atoms in total. The predicted octanol–water partition coefficient (Wildman–Crippen LogP) is 6.46. The second-order valence-electron chi connectivity index (χ2n) is 7.71. The van der Waals surface area contributed by atoms with Crippen LogP contribution in [-0.2, 0) is 0 Å². The molecule has 1 aromatic rings. The van der Waals surface area contributed by atoms with Crippen molar-refractivity contribution in [3.8, 4) is 5.75 Å². The third kappa shape index (κ3) is 3.60. The zero-order valence-corrected chi connectivity index (χ0v) is 15.0. The fourth-order valence-corrected chi connectivity index (χ4v) is 5.10. The summed E-state index contributed by atoms with van der Waals surface area (Å²) in [5, 5.41) is 0. The molecule has 0 N–H and O–H groups in total. The van der Waals surface area contributed by atoms with E-state index in [4.69, 9.17) is 4.74 Å². The number of ether oxygens (including phenoxy) is 1. The van der Waals surface area contributed by atoms with Gasteiger partial charge in [0, 0.05) is 0 Å². The van der Waals surface area contributed by atoms with Crippen LogP contribution in [0.4, 0.5) is 8.78 Å². The van der Waals surface area contributed by atoms with Crippen molar-refractivity contribution in [2.75, 3.05) is 6.61 Å². The third-order valence-electron chi connectivity index (χ3n) is 6.22. The van der Waals surface area contributed by atoms with Gasteiger partial charge in [-0.2, -0.15) is 4.39 Å². The lowest BCUT2D eigenvalue weighted by molar-refractivity contribution is 0.312. The van der Waals surface area contributed by atoms with Gasteiger partial charge in [0.25, 0.3) is 0 Å². The Kier molecular flexibility index (Phi) is 5.78. The maximum absolute atomic E-state index is 14.5. The first-order valence-corrected chi connectivity index (χ1v) is 9.74. The van der Waals surface area contributed by atoms with Gasteiger partial charge in [0.15, 0.2) is 11.6 Å². The largest absolute Gasteiger partial charge is 0.491 e. The van der Waals surface area contributed by atoms with Crippen LogP contribution in [0.3, 0.4) is 0 Å². The number of hydrogen-bond donors (Lipinski definition) is 0. The lowest BCUT2D eigenvalue weighted by Crippen LogP contribution is -2.06. The molecule has 0 radical (unpaired) electrons. The summed E-state index contributed by atoms with van der Waals surface area (Å²) in [5.74, 6) is 1.20. The van der Waals surface area contributed by atoms with Gasteiger partial charge >= 0.3 is 0 Å². The Morgan fingerprint density at radius 1 is 0.958 bits per heavy atom. The van der Waals surface area contributed by atoms with Gasteiger partial charge in [-0.3, -0.25) is 0 Å². The van der Waals surface area contributed by atoms with Crippen LogP contribution in [0, 0.1) is 29.4 Å². The van der Waals surface area contributed by atoms with E-state index in [0.717, 1.165) is 30.6 Å². The zero-order valence-electron chi connectivity index (χ0n) is 15.0. The van der Waals surface area contributed by atoms with E-state index in [1.165, 1.54) is 38.5 Å². The summed E-state index contributed by atoms with van der Waals surface area (Å²) in [5.41, 5.74) is 0.557. The minimum atomic E-state index is -0.818. The molecule has 3 heteroatoms. The molecule has 0 spiro atoms. The van der Waals surface area contributed by atoms with Crippen LogP contribution in [0.1, 0.15) is 76.7 Å². The molecule has 2 saturated carbocycles. The minimum Gasteiger partial charge on any atom is -0.491 e. The highest BCUT2D eigenvalue weighted by atomic mass is 19.2. The average molecular weight is 336 g/mol. The van der Waals surface area contributed by atoms with Crippen molar-refractivity contribution in [3.05, 3.63) is 29.3 Å². The van der Waals surface area contributed by atoms with Crippen LogP contribution in [0.25, 0.3) is 0 Å². The van der Waals surface area contributed by atoms with Gasteiger partial charge in [-0.1, -0.05) is 25.8 Å². The minimum absolute atomic E-state index is 0.0339. The molecule has 2 aliphatic rings. The fraction of sp³-hybridized carbons (Fsp3) is 0.714. The van der Waals surface area contributed by atoms with E-state index < -0.39 is 11.6 Å². The topological polar surface area (TPSA) is 9.23 Å². The van der Waals surface area contributed by atoms with Crippen LogP contribution in [0.15, 0.2) is 12.1 Å². The molecule has 3 rings (SSSR count). The Balaban J connectivity index is 1.69. The first-order valence-electron chi connectivity index (χ1n) is 9.74. The van der Waals surface area contributed by atoms with Crippen molar-refractivity contribution < 1.29 is 13.5 Å². The van der Waals surface area contributed by atoms with Crippen molar-refractivity contribution in [2.45, 2.75) is 71.1 Å². The summed E-state index contributed by atoms with van der Waals surface area (Å²) in [4.78, 5) is 0. The van der Waals surface area contributed by atoms with E-state index >= 15 is 0 Å².